The monoisotopic (exact) mass is 260 g/mol. The lowest BCUT2D eigenvalue weighted by Gasteiger charge is -2.07. The first-order chi connectivity index (χ1) is 7.12. The van der Waals surface area contributed by atoms with Gasteiger partial charge in [-0.15, -0.1) is 0 Å². The van der Waals surface area contributed by atoms with E-state index >= 15 is 0 Å². The lowest BCUT2D eigenvalue weighted by atomic mass is 10.2. The van der Waals surface area contributed by atoms with E-state index in [0.717, 1.165) is 0 Å². The molecule has 0 aliphatic rings. The van der Waals surface area contributed by atoms with E-state index in [2.05, 4.69) is 0 Å². The molecule has 0 aliphatic carbocycles. The topological polar surface area (TPSA) is 34.1 Å². The number of sulfone groups is 1. The van der Waals surface area contributed by atoms with E-state index in [-0.39, 0.29) is 0 Å². The second-order valence-corrected chi connectivity index (χ2v) is 4.96. The third-order valence-electron chi connectivity index (χ3n) is 1.63. The molecule has 1 aromatic carbocycles. The van der Waals surface area contributed by atoms with Gasteiger partial charge in [-0.25, -0.2) is 17.2 Å². The van der Waals surface area contributed by atoms with Crippen LogP contribution in [0.1, 0.15) is 5.56 Å². The van der Waals surface area contributed by atoms with Crippen molar-refractivity contribution < 1.29 is 30.4 Å². The highest BCUT2D eigenvalue weighted by molar-refractivity contribution is 7.91. The summed E-state index contributed by atoms with van der Waals surface area (Å²) in [5.74, 6) is -3.75. The maximum atomic E-state index is 12.6. The second kappa shape index (κ2) is 4.00. The minimum absolute atomic E-state index is 0.434. The average Bonchev–Trinajstić information content (AvgIpc) is 1.97. The zero-order valence-corrected chi connectivity index (χ0v) is 8.37. The van der Waals surface area contributed by atoms with E-state index in [1.807, 2.05) is 0 Å². The molecule has 0 bridgehead atoms. The highest BCUT2D eigenvalue weighted by Crippen LogP contribution is 2.27. The van der Waals surface area contributed by atoms with Gasteiger partial charge in [0.1, 0.15) is 11.6 Å². The van der Waals surface area contributed by atoms with E-state index in [0.29, 0.717) is 18.2 Å². The Morgan fingerprint density at radius 1 is 1.00 bits per heavy atom. The zero-order valence-electron chi connectivity index (χ0n) is 7.55. The first-order valence-corrected chi connectivity index (χ1v) is 5.51. The highest BCUT2D eigenvalue weighted by atomic mass is 32.2. The molecule has 1 aromatic rings. The molecule has 0 aromatic heterocycles. The van der Waals surface area contributed by atoms with E-state index in [9.17, 15) is 30.4 Å². The van der Waals surface area contributed by atoms with Crippen LogP contribution in [0, 0.1) is 11.6 Å². The largest absolute Gasteiger partial charge is 0.497 e. The number of halogens is 5. The predicted molar refractivity (Wildman–Crippen MR) is 45.0 cm³/mol. The van der Waals surface area contributed by atoms with Crippen molar-refractivity contribution in [2.24, 2.45) is 0 Å². The summed E-state index contributed by atoms with van der Waals surface area (Å²) in [6.07, 6.45) is 0. The SMILES string of the molecule is O=S(=O)(Cc1cc(F)cc(F)c1)C(F)(F)F. The number of hydrogen-bond acceptors (Lipinski definition) is 2. The molecule has 90 valence electrons. The van der Waals surface area contributed by atoms with Gasteiger partial charge in [-0.3, -0.25) is 0 Å². The normalized spacial score (nSPS) is 12.8. The molecule has 0 saturated heterocycles. The van der Waals surface area contributed by atoms with E-state index in [1.54, 1.807) is 0 Å². The van der Waals surface area contributed by atoms with Gasteiger partial charge >= 0.3 is 5.51 Å². The van der Waals surface area contributed by atoms with Crippen LogP contribution in [0.2, 0.25) is 0 Å². The minimum atomic E-state index is -5.43. The molecule has 0 aliphatic heterocycles. The fourth-order valence-electron chi connectivity index (χ4n) is 0.996. The molecule has 0 fully saturated rings. The van der Waals surface area contributed by atoms with Crippen molar-refractivity contribution in [2.75, 3.05) is 0 Å². The van der Waals surface area contributed by atoms with Gasteiger partial charge in [0.15, 0.2) is 0 Å². The van der Waals surface area contributed by atoms with E-state index < -0.39 is 38.3 Å². The van der Waals surface area contributed by atoms with Crippen LogP contribution in [-0.4, -0.2) is 13.9 Å². The van der Waals surface area contributed by atoms with Gasteiger partial charge in [-0.1, -0.05) is 0 Å². The Morgan fingerprint density at radius 3 is 1.81 bits per heavy atom. The molecule has 0 amide bonds. The van der Waals surface area contributed by atoms with Crippen LogP contribution in [0.4, 0.5) is 22.0 Å². The summed E-state index contributed by atoms with van der Waals surface area (Å²) in [5, 5.41) is 0. The van der Waals surface area contributed by atoms with Gasteiger partial charge in [0.25, 0.3) is 9.84 Å². The van der Waals surface area contributed by atoms with Crippen LogP contribution >= 0.6 is 0 Å². The molecule has 2 nitrogen and oxygen atoms in total. The lowest BCUT2D eigenvalue weighted by molar-refractivity contribution is -0.0437. The van der Waals surface area contributed by atoms with Crippen molar-refractivity contribution in [3.63, 3.8) is 0 Å². The molecule has 0 saturated carbocycles. The molecule has 0 unspecified atom stereocenters. The Hall–Kier alpha value is -1.18. The van der Waals surface area contributed by atoms with Crippen molar-refractivity contribution in [1.82, 2.24) is 0 Å². The number of alkyl halides is 3. The second-order valence-electron chi connectivity index (χ2n) is 2.98. The fraction of sp³-hybridized carbons (Fsp3) is 0.250. The Balaban J connectivity index is 3.07. The van der Waals surface area contributed by atoms with Crippen LogP contribution in [0.25, 0.3) is 0 Å². The molecule has 16 heavy (non-hydrogen) atoms. The molecular formula is C8H5F5O2S. The van der Waals surface area contributed by atoms with Gasteiger partial charge in [0.2, 0.25) is 0 Å². The standard InChI is InChI=1S/C8H5F5O2S/c9-6-1-5(2-7(10)3-6)4-16(14,15)8(11,12)13/h1-3H,4H2. The van der Waals surface area contributed by atoms with Crippen LogP contribution in [0.5, 0.6) is 0 Å². The van der Waals surface area contributed by atoms with E-state index in [1.165, 1.54) is 0 Å². The Kier molecular flexibility index (Phi) is 3.22. The molecular weight excluding hydrogens is 255 g/mol. The number of hydrogen-bond donors (Lipinski definition) is 0. The summed E-state index contributed by atoms with van der Waals surface area (Å²) in [6, 6.07) is 1.50. The molecule has 0 radical (unpaired) electrons. The Morgan fingerprint density at radius 2 is 1.44 bits per heavy atom. The fourth-order valence-corrected chi connectivity index (χ4v) is 1.76. The summed E-state index contributed by atoms with van der Waals surface area (Å²) >= 11 is 0. The third-order valence-corrected chi connectivity index (χ3v) is 3.05. The van der Waals surface area contributed by atoms with Crippen LogP contribution < -0.4 is 0 Å². The van der Waals surface area contributed by atoms with Gasteiger partial charge in [-0.2, -0.15) is 13.2 Å². The minimum Gasteiger partial charge on any atom is -0.219 e. The lowest BCUT2D eigenvalue weighted by Crippen LogP contribution is -2.24. The number of rotatable bonds is 2. The van der Waals surface area contributed by atoms with Gasteiger partial charge in [0, 0.05) is 6.07 Å². The summed E-state index contributed by atoms with van der Waals surface area (Å²) in [6.45, 7) is 0. The van der Waals surface area contributed by atoms with Crippen LogP contribution in [0.15, 0.2) is 18.2 Å². The number of benzene rings is 1. The van der Waals surface area contributed by atoms with Gasteiger partial charge in [0.05, 0.1) is 5.75 Å². The molecule has 1 rings (SSSR count). The van der Waals surface area contributed by atoms with Crippen molar-refractivity contribution in [2.45, 2.75) is 11.3 Å². The Bertz CT molecular complexity index is 471. The predicted octanol–water partition coefficient (Wildman–Crippen LogP) is 2.40. The molecule has 8 heteroatoms. The maximum Gasteiger partial charge on any atom is 0.497 e. The zero-order chi connectivity index (χ0) is 12.6. The first-order valence-electron chi connectivity index (χ1n) is 3.86. The van der Waals surface area contributed by atoms with Crippen molar-refractivity contribution >= 4 is 9.84 Å². The smallest absolute Gasteiger partial charge is 0.219 e. The van der Waals surface area contributed by atoms with Gasteiger partial charge in [-0.05, 0) is 17.7 Å². The quantitative estimate of drug-likeness (QED) is 0.765. The van der Waals surface area contributed by atoms with Crippen molar-refractivity contribution in [1.29, 1.82) is 0 Å². The molecule has 0 heterocycles. The Labute approximate surface area is 87.6 Å². The molecule has 0 N–H and O–H groups in total. The van der Waals surface area contributed by atoms with E-state index in [4.69, 9.17) is 0 Å². The average molecular weight is 260 g/mol. The van der Waals surface area contributed by atoms with Gasteiger partial charge < -0.3 is 0 Å². The van der Waals surface area contributed by atoms with Crippen LogP contribution in [-0.2, 0) is 15.6 Å². The first kappa shape index (κ1) is 12.9. The summed E-state index contributed by atoms with van der Waals surface area (Å²) in [5.41, 5.74) is -6.02. The molecule has 0 spiro atoms. The molecule has 0 atom stereocenters. The van der Waals surface area contributed by atoms with Crippen LogP contribution in [0.3, 0.4) is 0 Å². The summed E-state index contributed by atoms with van der Waals surface area (Å²) in [4.78, 5) is 0. The van der Waals surface area contributed by atoms with Crippen molar-refractivity contribution in [3.05, 3.63) is 35.4 Å². The summed E-state index contributed by atoms with van der Waals surface area (Å²) < 4.78 is 82.3. The van der Waals surface area contributed by atoms with Crippen molar-refractivity contribution in [3.8, 4) is 0 Å². The maximum absolute atomic E-state index is 12.6. The highest BCUT2D eigenvalue weighted by Gasteiger charge is 2.45. The third kappa shape index (κ3) is 2.91. The summed E-state index contributed by atoms with van der Waals surface area (Å²) in [7, 11) is -5.42.